The first-order valence-corrected chi connectivity index (χ1v) is 8.14. The standard InChI is InChI=1S/C14H12BrClFIN2/c1-14(2,3)11-10(18)12(16)20-13(19-11)8-6-7(17)4-5-9(8)15/h4-6H,1-3H3. The van der Waals surface area contributed by atoms with Gasteiger partial charge < -0.3 is 0 Å². The van der Waals surface area contributed by atoms with Crippen LogP contribution < -0.4 is 0 Å². The van der Waals surface area contributed by atoms with Gasteiger partial charge in [-0.15, -0.1) is 0 Å². The van der Waals surface area contributed by atoms with Gasteiger partial charge in [0.05, 0.1) is 9.26 Å². The molecule has 6 heteroatoms. The van der Waals surface area contributed by atoms with E-state index in [-0.39, 0.29) is 11.2 Å². The Morgan fingerprint density at radius 1 is 1.25 bits per heavy atom. The first kappa shape index (κ1) is 16.1. The Bertz CT molecular complexity index is 671. The van der Waals surface area contributed by atoms with Crippen LogP contribution in [0.5, 0.6) is 0 Å². The highest BCUT2D eigenvalue weighted by Gasteiger charge is 2.23. The summed E-state index contributed by atoms with van der Waals surface area (Å²) in [6.45, 7) is 6.16. The van der Waals surface area contributed by atoms with Gasteiger partial charge in [0.25, 0.3) is 0 Å². The normalized spacial score (nSPS) is 11.8. The van der Waals surface area contributed by atoms with Crippen LogP contribution in [0.25, 0.3) is 11.4 Å². The first-order chi connectivity index (χ1) is 9.20. The average Bonchev–Trinajstić information content (AvgIpc) is 2.34. The summed E-state index contributed by atoms with van der Waals surface area (Å²) in [6.07, 6.45) is 0. The first-order valence-electron chi connectivity index (χ1n) is 5.89. The largest absolute Gasteiger partial charge is 0.231 e. The Morgan fingerprint density at radius 2 is 1.90 bits per heavy atom. The average molecular weight is 470 g/mol. The second-order valence-corrected chi connectivity index (χ2v) is 7.67. The lowest BCUT2D eigenvalue weighted by Gasteiger charge is -2.20. The number of rotatable bonds is 1. The van der Waals surface area contributed by atoms with Gasteiger partial charge in [-0.2, -0.15) is 0 Å². The number of hydrogen-bond donors (Lipinski definition) is 0. The van der Waals surface area contributed by atoms with Crippen molar-refractivity contribution in [3.8, 4) is 11.4 Å². The molecule has 0 radical (unpaired) electrons. The monoisotopic (exact) mass is 468 g/mol. The van der Waals surface area contributed by atoms with Gasteiger partial charge in [-0.05, 0) is 40.8 Å². The van der Waals surface area contributed by atoms with Crippen molar-refractivity contribution in [3.05, 3.63) is 42.9 Å². The van der Waals surface area contributed by atoms with Crippen molar-refractivity contribution >= 4 is 50.1 Å². The Morgan fingerprint density at radius 3 is 2.50 bits per heavy atom. The third-order valence-electron chi connectivity index (χ3n) is 2.69. The van der Waals surface area contributed by atoms with Gasteiger partial charge >= 0.3 is 0 Å². The predicted molar refractivity (Wildman–Crippen MR) is 91.6 cm³/mol. The molecule has 0 spiro atoms. The lowest BCUT2D eigenvalue weighted by molar-refractivity contribution is 0.563. The second kappa shape index (κ2) is 5.85. The fourth-order valence-electron chi connectivity index (χ4n) is 1.71. The van der Waals surface area contributed by atoms with Crippen molar-refractivity contribution < 1.29 is 4.39 Å². The number of nitrogens with zero attached hydrogens (tertiary/aromatic N) is 2. The molecule has 1 aromatic heterocycles. The van der Waals surface area contributed by atoms with E-state index in [0.29, 0.717) is 16.5 Å². The highest BCUT2D eigenvalue weighted by Crippen LogP contribution is 2.33. The quantitative estimate of drug-likeness (QED) is 0.401. The summed E-state index contributed by atoms with van der Waals surface area (Å²) in [5.41, 5.74) is 1.27. The van der Waals surface area contributed by atoms with Crippen LogP contribution >= 0.6 is 50.1 Å². The van der Waals surface area contributed by atoms with Crippen molar-refractivity contribution in [1.29, 1.82) is 0 Å². The van der Waals surface area contributed by atoms with Crippen molar-refractivity contribution in [2.45, 2.75) is 26.2 Å². The van der Waals surface area contributed by atoms with E-state index in [4.69, 9.17) is 11.6 Å². The molecule has 0 saturated heterocycles. The number of benzene rings is 1. The van der Waals surface area contributed by atoms with Crippen molar-refractivity contribution in [3.63, 3.8) is 0 Å². The highest BCUT2D eigenvalue weighted by atomic mass is 127. The summed E-state index contributed by atoms with van der Waals surface area (Å²) in [5, 5.41) is 0.386. The van der Waals surface area contributed by atoms with Crippen LogP contribution in [0, 0.1) is 9.39 Å². The Hall–Kier alpha value is -0.270. The smallest absolute Gasteiger partial charge is 0.162 e. The molecule has 0 aliphatic rings. The Kier molecular flexibility index (Phi) is 4.71. The van der Waals surface area contributed by atoms with E-state index < -0.39 is 0 Å². The van der Waals surface area contributed by atoms with Gasteiger partial charge in [0, 0.05) is 15.5 Å². The van der Waals surface area contributed by atoms with E-state index in [1.807, 2.05) is 0 Å². The third-order valence-corrected chi connectivity index (χ3v) is 5.00. The van der Waals surface area contributed by atoms with Gasteiger partial charge in [0.15, 0.2) is 5.82 Å². The maximum atomic E-state index is 13.4. The van der Waals surface area contributed by atoms with Crippen LogP contribution in [0.3, 0.4) is 0 Å². The van der Waals surface area contributed by atoms with Gasteiger partial charge in [-0.3, -0.25) is 0 Å². The lowest BCUT2D eigenvalue weighted by atomic mass is 9.92. The Balaban J connectivity index is 2.70. The van der Waals surface area contributed by atoms with E-state index in [9.17, 15) is 4.39 Å². The fraction of sp³-hybridized carbons (Fsp3) is 0.286. The van der Waals surface area contributed by atoms with Gasteiger partial charge in [-0.1, -0.05) is 48.3 Å². The molecular weight excluding hydrogens is 457 g/mol. The lowest BCUT2D eigenvalue weighted by Crippen LogP contribution is -2.17. The molecule has 2 aromatic rings. The van der Waals surface area contributed by atoms with Crippen LogP contribution in [0.15, 0.2) is 22.7 Å². The molecule has 2 rings (SSSR count). The summed E-state index contributed by atoms with van der Waals surface area (Å²) < 4.78 is 15.0. The molecule has 0 bridgehead atoms. The molecule has 0 aliphatic heterocycles. The van der Waals surface area contributed by atoms with E-state index in [1.54, 1.807) is 6.07 Å². The van der Waals surface area contributed by atoms with Gasteiger partial charge in [0.2, 0.25) is 0 Å². The highest BCUT2D eigenvalue weighted by molar-refractivity contribution is 14.1. The zero-order valence-corrected chi connectivity index (χ0v) is 15.6. The van der Waals surface area contributed by atoms with Crippen LogP contribution in [-0.2, 0) is 5.41 Å². The molecule has 106 valence electrons. The van der Waals surface area contributed by atoms with Crippen LogP contribution in [0.2, 0.25) is 5.15 Å². The van der Waals surface area contributed by atoms with Gasteiger partial charge in [0.1, 0.15) is 11.0 Å². The molecule has 0 aliphatic carbocycles. The zero-order chi connectivity index (χ0) is 15.1. The summed E-state index contributed by atoms with van der Waals surface area (Å²) >= 11 is 11.7. The van der Waals surface area contributed by atoms with Crippen LogP contribution in [-0.4, -0.2) is 9.97 Å². The minimum atomic E-state index is -0.334. The summed E-state index contributed by atoms with van der Waals surface area (Å²) in [6, 6.07) is 4.41. The van der Waals surface area contributed by atoms with E-state index in [2.05, 4.69) is 69.3 Å². The van der Waals surface area contributed by atoms with Crippen molar-refractivity contribution in [2.24, 2.45) is 0 Å². The summed E-state index contributed by atoms with van der Waals surface area (Å²) in [5.74, 6) is 0.0884. The Labute approximate surface area is 144 Å². The SMILES string of the molecule is CC(C)(C)c1nc(-c2cc(F)ccc2Br)nc(Cl)c1I. The maximum absolute atomic E-state index is 13.4. The topological polar surface area (TPSA) is 25.8 Å². The minimum Gasteiger partial charge on any atom is -0.231 e. The zero-order valence-electron chi connectivity index (χ0n) is 11.1. The number of aromatic nitrogens is 2. The summed E-state index contributed by atoms with van der Waals surface area (Å²) in [7, 11) is 0. The van der Waals surface area contributed by atoms with Crippen LogP contribution in [0.1, 0.15) is 26.5 Å². The minimum absolute atomic E-state index is 0.169. The molecule has 0 N–H and O–H groups in total. The molecule has 2 nitrogen and oxygen atoms in total. The third kappa shape index (κ3) is 3.31. The predicted octanol–water partition coefficient (Wildman–Crippen LogP) is 5.60. The molecular formula is C14H12BrClFIN2. The molecule has 1 aromatic carbocycles. The molecule has 0 saturated carbocycles. The molecule has 1 heterocycles. The molecule has 0 fully saturated rings. The van der Waals surface area contributed by atoms with Crippen molar-refractivity contribution in [2.75, 3.05) is 0 Å². The fourth-order valence-corrected chi connectivity index (χ4v) is 3.35. The van der Waals surface area contributed by atoms with Crippen molar-refractivity contribution in [1.82, 2.24) is 9.97 Å². The maximum Gasteiger partial charge on any atom is 0.162 e. The number of hydrogen-bond acceptors (Lipinski definition) is 2. The van der Waals surface area contributed by atoms with E-state index in [1.165, 1.54) is 12.1 Å². The second-order valence-electron chi connectivity index (χ2n) is 5.37. The van der Waals surface area contributed by atoms with E-state index in [0.717, 1.165) is 13.7 Å². The van der Waals surface area contributed by atoms with Crippen LogP contribution in [0.4, 0.5) is 4.39 Å². The number of halogens is 4. The van der Waals surface area contributed by atoms with E-state index >= 15 is 0 Å². The molecule has 20 heavy (non-hydrogen) atoms. The summed E-state index contributed by atoms with van der Waals surface area (Å²) in [4.78, 5) is 8.85. The molecule has 0 unspecified atom stereocenters. The molecule has 0 amide bonds. The van der Waals surface area contributed by atoms with Gasteiger partial charge in [-0.25, -0.2) is 14.4 Å². The molecule has 0 atom stereocenters.